The van der Waals surface area contributed by atoms with Gasteiger partial charge in [-0.25, -0.2) is 0 Å². The smallest absolute Gasteiger partial charge is 0.0208 e. The average molecular weight is 251 g/mol. The van der Waals surface area contributed by atoms with Crippen LogP contribution in [0.1, 0.15) is 25.3 Å². The standard InChI is InChI=1S/C18H21N/c1-2-15-12-18(15)19-13-14-8-10-17(11-9-14)16-6-4-3-5-7-16/h3-11,15,18-19H,2,12-13H2,1H3. The van der Waals surface area contributed by atoms with Crippen molar-refractivity contribution in [3.63, 3.8) is 0 Å². The zero-order chi connectivity index (χ0) is 13.1. The van der Waals surface area contributed by atoms with E-state index in [1.165, 1.54) is 29.5 Å². The first-order valence-electron chi connectivity index (χ1n) is 7.24. The highest BCUT2D eigenvalue weighted by Crippen LogP contribution is 2.33. The number of hydrogen-bond donors (Lipinski definition) is 1. The second kappa shape index (κ2) is 5.58. The molecule has 1 heteroatoms. The van der Waals surface area contributed by atoms with Gasteiger partial charge < -0.3 is 5.32 Å². The maximum absolute atomic E-state index is 3.63. The Labute approximate surface area is 115 Å². The summed E-state index contributed by atoms with van der Waals surface area (Å²) in [7, 11) is 0. The lowest BCUT2D eigenvalue weighted by molar-refractivity contribution is 0.623. The van der Waals surface area contributed by atoms with Crippen LogP contribution in [0.5, 0.6) is 0 Å². The van der Waals surface area contributed by atoms with Crippen LogP contribution in [0.25, 0.3) is 11.1 Å². The zero-order valence-electron chi connectivity index (χ0n) is 11.5. The van der Waals surface area contributed by atoms with E-state index in [0.29, 0.717) is 0 Å². The monoisotopic (exact) mass is 251 g/mol. The van der Waals surface area contributed by atoms with Crippen LogP contribution in [-0.4, -0.2) is 6.04 Å². The first kappa shape index (κ1) is 12.4. The summed E-state index contributed by atoms with van der Waals surface area (Å²) in [5, 5.41) is 3.63. The molecule has 1 nitrogen and oxygen atoms in total. The van der Waals surface area contributed by atoms with Gasteiger partial charge in [-0.2, -0.15) is 0 Å². The summed E-state index contributed by atoms with van der Waals surface area (Å²) in [5.74, 6) is 0.920. The molecule has 1 aliphatic carbocycles. The number of nitrogens with one attached hydrogen (secondary N) is 1. The van der Waals surface area contributed by atoms with Gasteiger partial charge in [-0.1, -0.05) is 67.9 Å². The Morgan fingerprint density at radius 1 is 0.947 bits per heavy atom. The molecule has 3 rings (SSSR count). The fourth-order valence-corrected chi connectivity index (χ4v) is 2.64. The molecular formula is C18H21N. The molecule has 0 heterocycles. The van der Waals surface area contributed by atoms with Crippen molar-refractivity contribution in [1.82, 2.24) is 5.32 Å². The van der Waals surface area contributed by atoms with Crippen LogP contribution in [0, 0.1) is 5.92 Å². The van der Waals surface area contributed by atoms with Crippen molar-refractivity contribution in [2.75, 3.05) is 0 Å². The minimum atomic E-state index is 0.763. The maximum atomic E-state index is 3.63. The van der Waals surface area contributed by atoms with E-state index in [4.69, 9.17) is 0 Å². The lowest BCUT2D eigenvalue weighted by Crippen LogP contribution is -2.17. The molecule has 0 radical (unpaired) electrons. The normalized spacial score (nSPS) is 21.3. The van der Waals surface area contributed by atoms with Crippen LogP contribution in [0.2, 0.25) is 0 Å². The number of hydrogen-bond acceptors (Lipinski definition) is 1. The minimum absolute atomic E-state index is 0.763. The second-order valence-corrected chi connectivity index (χ2v) is 5.45. The molecule has 0 aliphatic heterocycles. The van der Waals surface area contributed by atoms with Gasteiger partial charge in [-0.15, -0.1) is 0 Å². The lowest BCUT2D eigenvalue weighted by Gasteiger charge is -2.06. The average Bonchev–Trinajstić information content (AvgIpc) is 3.25. The summed E-state index contributed by atoms with van der Waals surface area (Å²) in [6.45, 7) is 3.28. The molecular weight excluding hydrogens is 230 g/mol. The summed E-state index contributed by atoms with van der Waals surface area (Å²) in [6.07, 6.45) is 2.67. The highest BCUT2D eigenvalue weighted by molar-refractivity contribution is 5.63. The molecule has 0 bridgehead atoms. The van der Waals surface area contributed by atoms with Gasteiger partial charge in [0.15, 0.2) is 0 Å². The van der Waals surface area contributed by atoms with Crippen molar-refractivity contribution in [3.05, 3.63) is 60.2 Å². The maximum Gasteiger partial charge on any atom is 0.0208 e. The topological polar surface area (TPSA) is 12.0 Å². The van der Waals surface area contributed by atoms with Gasteiger partial charge in [-0.3, -0.25) is 0 Å². The fourth-order valence-electron chi connectivity index (χ4n) is 2.64. The van der Waals surface area contributed by atoms with Crippen LogP contribution >= 0.6 is 0 Å². The highest BCUT2D eigenvalue weighted by Gasteiger charge is 2.34. The molecule has 2 aromatic carbocycles. The first-order chi connectivity index (χ1) is 9.36. The van der Waals surface area contributed by atoms with E-state index in [2.05, 4.69) is 66.8 Å². The molecule has 1 aliphatic rings. The third-order valence-electron chi connectivity index (χ3n) is 4.08. The van der Waals surface area contributed by atoms with E-state index in [1.807, 2.05) is 0 Å². The van der Waals surface area contributed by atoms with Gasteiger partial charge in [0.05, 0.1) is 0 Å². The SMILES string of the molecule is CCC1CC1NCc1ccc(-c2ccccc2)cc1. The molecule has 0 saturated heterocycles. The van der Waals surface area contributed by atoms with Crippen molar-refractivity contribution in [3.8, 4) is 11.1 Å². The minimum Gasteiger partial charge on any atom is -0.310 e. The number of benzene rings is 2. The van der Waals surface area contributed by atoms with E-state index < -0.39 is 0 Å². The summed E-state index contributed by atoms with van der Waals surface area (Å²) in [4.78, 5) is 0. The third kappa shape index (κ3) is 3.05. The Kier molecular flexibility index (Phi) is 3.65. The first-order valence-corrected chi connectivity index (χ1v) is 7.24. The van der Waals surface area contributed by atoms with Crippen LogP contribution in [0.15, 0.2) is 54.6 Å². The van der Waals surface area contributed by atoms with Gasteiger partial charge >= 0.3 is 0 Å². The predicted molar refractivity (Wildman–Crippen MR) is 80.9 cm³/mol. The van der Waals surface area contributed by atoms with Gasteiger partial charge in [0, 0.05) is 12.6 Å². The molecule has 0 aromatic heterocycles. The van der Waals surface area contributed by atoms with E-state index in [1.54, 1.807) is 0 Å². The summed E-state index contributed by atoms with van der Waals surface area (Å²) in [5.41, 5.74) is 3.96. The molecule has 2 unspecified atom stereocenters. The molecule has 2 atom stereocenters. The Bertz CT molecular complexity index is 515. The predicted octanol–water partition coefficient (Wildman–Crippen LogP) is 4.24. The molecule has 19 heavy (non-hydrogen) atoms. The van der Waals surface area contributed by atoms with Crippen molar-refractivity contribution in [1.29, 1.82) is 0 Å². The van der Waals surface area contributed by atoms with Crippen molar-refractivity contribution in [2.24, 2.45) is 5.92 Å². The Balaban J connectivity index is 1.60. The molecule has 1 fully saturated rings. The van der Waals surface area contributed by atoms with Crippen LogP contribution in [0.4, 0.5) is 0 Å². The van der Waals surface area contributed by atoms with Crippen molar-refractivity contribution < 1.29 is 0 Å². The Hall–Kier alpha value is -1.60. The molecule has 1 saturated carbocycles. The largest absolute Gasteiger partial charge is 0.310 e. The van der Waals surface area contributed by atoms with Crippen molar-refractivity contribution >= 4 is 0 Å². The summed E-state index contributed by atoms with van der Waals surface area (Å²) < 4.78 is 0. The van der Waals surface area contributed by atoms with Gasteiger partial charge in [0.25, 0.3) is 0 Å². The van der Waals surface area contributed by atoms with Crippen molar-refractivity contribution in [2.45, 2.75) is 32.4 Å². The summed E-state index contributed by atoms with van der Waals surface area (Å²) >= 11 is 0. The van der Waals surface area contributed by atoms with Crippen LogP contribution in [0.3, 0.4) is 0 Å². The van der Waals surface area contributed by atoms with E-state index in [-0.39, 0.29) is 0 Å². The Morgan fingerprint density at radius 3 is 2.26 bits per heavy atom. The number of rotatable bonds is 5. The quantitative estimate of drug-likeness (QED) is 0.838. The van der Waals surface area contributed by atoms with Gasteiger partial charge in [0.1, 0.15) is 0 Å². The Morgan fingerprint density at radius 2 is 1.63 bits per heavy atom. The van der Waals surface area contributed by atoms with E-state index >= 15 is 0 Å². The fraction of sp³-hybridized carbons (Fsp3) is 0.333. The van der Waals surface area contributed by atoms with Gasteiger partial charge in [-0.05, 0) is 29.0 Å². The summed E-state index contributed by atoms with van der Waals surface area (Å²) in [6, 6.07) is 20.2. The van der Waals surface area contributed by atoms with Crippen LogP contribution in [-0.2, 0) is 6.54 Å². The van der Waals surface area contributed by atoms with E-state index in [0.717, 1.165) is 18.5 Å². The van der Waals surface area contributed by atoms with Gasteiger partial charge in [0.2, 0.25) is 0 Å². The zero-order valence-corrected chi connectivity index (χ0v) is 11.5. The third-order valence-corrected chi connectivity index (χ3v) is 4.08. The molecule has 0 spiro atoms. The molecule has 0 amide bonds. The van der Waals surface area contributed by atoms with E-state index in [9.17, 15) is 0 Å². The highest BCUT2D eigenvalue weighted by atomic mass is 15.0. The molecule has 1 N–H and O–H groups in total. The lowest BCUT2D eigenvalue weighted by atomic mass is 10.0. The molecule has 2 aromatic rings. The van der Waals surface area contributed by atoms with Crippen LogP contribution < -0.4 is 5.32 Å². The second-order valence-electron chi connectivity index (χ2n) is 5.45. The molecule has 98 valence electrons.